The highest BCUT2D eigenvalue weighted by Gasteiger charge is 2.37. The molecule has 0 fully saturated rings. The Morgan fingerprint density at radius 2 is 1.32 bits per heavy atom. The summed E-state index contributed by atoms with van der Waals surface area (Å²) in [6.45, 7) is 6.94. The smallest absolute Gasteiger partial charge is 0.402 e. The van der Waals surface area contributed by atoms with E-state index < -0.39 is 18.5 Å². The van der Waals surface area contributed by atoms with Crippen LogP contribution in [0.25, 0.3) is 0 Å². The molecule has 0 aliphatic carbocycles. The first kappa shape index (κ1) is 18.1. The highest BCUT2D eigenvalue weighted by atomic mass is 16.5. The van der Waals surface area contributed by atoms with Crippen LogP contribution in [0.2, 0.25) is 0 Å². The third-order valence-corrected chi connectivity index (χ3v) is 2.99. The summed E-state index contributed by atoms with van der Waals surface area (Å²) in [5, 5.41) is 41.4. The van der Waals surface area contributed by atoms with E-state index in [4.69, 9.17) is 15.1 Å². The summed E-state index contributed by atoms with van der Waals surface area (Å²) >= 11 is 0. The second-order valence-electron chi connectivity index (χ2n) is 5.34. The van der Waals surface area contributed by atoms with Gasteiger partial charge in [-0.15, -0.1) is 0 Å². The lowest BCUT2D eigenvalue weighted by Crippen LogP contribution is -2.49. The predicted octanol–water partition coefficient (Wildman–Crippen LogP) is 0.00762. The average Bonchev–Trinajstić information content (AvgIpc) is 2.18. The van der Waals surface area contributed by atoms with Gasteiger partial charge in [-0.2, -0.15) is 0 Å². The van der Waals surface area contributed by atoms with Crippen molar-refractivity contribution >= 4 is 7.32 Å². The Labute approximate surface area is 114 Å². The number of hydrogen-bond acceptors (Lipinski definition) is 5. The Hall–Kier alpha value is -0.915. The quantitative estimate of drug-likeness (QED) is 0.498. The zero-order valence-corrected chi connectivity index (χ0v) is 11.8. The van der Waals surface area contributed by atoms with Crippen molar-refractivity contribution in [1.82, 2.24) is 0 Å². The van der Waals surface area contributed by atoms with E-state index in [9.17, 15) is 10.2 Å². The second kappa shape index (κ2) is 7.02. The molecule has 1 aromatic carbocycles. The third-order valence-electron chi connectivity index (χ3n) is 2.99. The fraction of sp³-hybridized carbons (Fsp3) is 0.538. The van der Waals surface area contributed by atoms with Gasteiger partial charge in [-0.1, -0.05) is 29.8 Å². The normalized spacial score (nSPS) is 14.2. The molecule has 5 N–H and O–H groups in total. The van der Waals surface area contributed by atoms with E-state index in [2.05, 4.69) is 0 Å². The number of rotatable bonds is 3. The highest BCUT2D eigenvalue weighted by molar-refractivity contribution is 6.30. The van der Waals surface area contributed by atoms with Gasteiger partial charge in [-0.05, 0) is 33.3 Å². The molecule has 5 nitrogen and oxygen atoms in total. The predicted molar refractivity (Wildman–Crippen MR) is 74.2 cm³/mol. The summed E-state index contributed by atoms with van der Waals surface area (Å²) < 4.78 is 0. The van der Waals surface area contributed by atoms with Crippen LogP contribution in [0, 0.1) is 6.92 Å². The van der Waals surface area contributed by atoms with E-state index in [0.717, 1.165) is 5.56 Å². The molecule has 0 aromatic heterocycles. The van der Waals surface area contributed by atoms with Crippen LogP contribution in [0.15, 0.2) is 24.3 Å². The molecule has 1 aromatic rings. The molecule has 1 unspecified atom stereocenters. The van der Waals surface area contributed by atoms with Gasteiger partial charge in [-0.25, -0.2) is 0 Å². The van der Waals surface area contributed by atoms with E-state index >= 15 is 0 Å². The average molecular weight is 270 g/mol. The van der Waals surface area contributed by atoms with Gasteiger partial charge < -0.3 is 25.3 Å². The van der Waals surface area contributed by atoms with Crippen LogP contribution >= 0.6 is 0 Å². The summed E-state index contributed by atoms with van der Waals surface area (Å²) in [5.74, 6) is 0. The molecule has 19 heavy (non-hydrogen) atoms. The lowest BCUT2D eigenvalue weighted by Gasteiger charge is -2.35. The lowest BCUT2D eigenvalue weighted by molar-refractivity contribution is -0.118. The van der Waals surface area contributed by atoms with Gasteiger partial charge in [0.15, 0.2) is 0 Å². The number of aryl methyl sites for hydroxylation is 1. The topological polar surface area (TPSA) is 101 Å². The Kier molecular flexibility index (Phi) is 6.69. The number of benzene rings is 1. The molecule has 0 saturated heterocycles. The summed E-state index contributed by atoms with van der Waals surface area (Å²) in [6, 6.07) is 7.98. The van der Waals surface area contributed by atoms with Crippen LogP contribution in [0.5, 0.6) is 0 Å². The van der Waals surface area contributed by atoms with Gasteiger partial charge in [0.05, 0.1) is 11.2 Å². The molecule has 0 spiro atoms. The van der Waals surface area contributed by atoms with Crippen molar-refractivity contribution in [3.05, 3.63) is 35.4 Å². The highest BCUT2D eigenvalue weighted by Crippen LogP contribution is 2.25. The Morgan fingerprint density at radius 3 is 1.63 bits per heavy atom. The molecule has 0 radical (unpaired) electrons. The maximum atomic E-state index is 10.1. The van der Waals surface area contributed by atoms with Crippen LogP contribution in [0.4, 0.5) is 0 Å². The lowest BCUT2D eigenvalue weighted by atomic mass is 9.82. The SMILES string of the molecule is Cc1ccc(CC(C)(O)C(C)(C)O)cc1.OB(O)O. The van der Waals surface area contributed by atoms with Crippen molar-refractivity contribution < 1.29 is 25.3 Å². The van der Waals surface area contributed by atoms with E-state index in [1.807, 2.05) is 31.2 Å². The van der Waals surface area contributed by atoms with Crippen LogP contribution < -0.4 is 0 Å². The van der Waals surface area contributed by atoms with E-state index in [-0.39, 0.29) is 0 Å². The maximum Gasteiger partial charge on any atom is 0.631 e. The molecule has 0 aliphatic heterocycles. The van der Waals surface area contributed by atoms with E-state index in [0.29, 0.717) is 6.42 Å². The minimum atomic E-state index is -2.17. The molecular weight excluding hydrogens is 247 g/mol. The fourth-order valence-electron chi connectivity index (χ4n) is 1.32. The minimum absolute atomic E-state index is 0.455. The molecule has 1 atom stereocenters. The van der Waals surface area contributed by atoms with Crippen molar-refractivity contribution in [1.29, 1.82) is 0 Å². The summed E-state index contributed by atoms with van der Waals surface area (Å²) in [5.41, 5.74) is 0.0227. The Morgan fingerprint density at radius 1 is 0.947 bits per heavy atom. The van der Waals surface area contributed by atoms with Crippen molar-refractivity contribution in [3.8, 4) is 0 Å². The summed E-state index contributed by atoms with van der Waals surface area (Å²) in [7, 11) is -2.17. The molecule has 6 heteroatoms. The molecule has 0 aliphatic rings. The van der Waals surface area contributed by atoms with Crippen molar-refractivity contribution in [2.75, 3.05) is 0 Å². The monoisotopic (exact) mass is 270 g/mol. The molecule has 0 bridgehead atoms. The molecule has 0 saturated carbocycles. The second-order valence-corrected chi connectivity index (χ2v) is 5.34. The molecule has 0 amide bonds. The van der Waals surface area contributed by atoms with Crippen molar-refractivity contribution in [3.63, 3.8) is 0 Å². The van der Waals surface area contributed by atoms with Crippen molar-refractivity contribution in [2.24, 2.45) is 0 Å². The third kappa shape index (κ3) is 7.30. The van der Waals surface area contributed by atoms with E-state index in [1.165, 1.54) is 5.56 Å². The first-order valence-electron chi connectivity index (χ1n) is 6.00. The van der Waals surface area contributed by atoms with Gasteiger partial charge in [0.25, 0.3) is 0 Å². The van der Waals surface area contributed by atoms with Gasteiger partial charge >= 0.3 is 7.32 Å². The van der Waals surface area contributed by atoms with Crippen LogP contribution in [-0.4, -0.2) is 43.8 Å². The molecule has 1 rings (SSSR count). The van der Waals surface area contributed by atoms with Gasteiger partial charge in [0.2, 0.25) is 0 Å². The van der Waals surface area contributed by atoms with Gasteiger partial charge in [0.1, 0.15) is 0 Å². The van der Waals surface area contributed by atoms with Gasteiger partial charge in [-0.3, -0.25) is 0 Å². The maximum absolute atomic E-state index is 10.1. The fourth-order valence-corrected chi connectivity index (χ4v) is 1.32. The summed E-state index contributed by atoms with van der Waals surface area (Å²) in [4.78, 5) is 0. The molecule has 0 heterocycles. The number of hydrogen-bond donors (Lipinski definition) is 5. The Balaban J connectivity index is 0.000000711. The minimum Gasteiger partial charge on any atom is -0.402 e. The standard InChI is InChI=1S/C13H20O2.BH3O3/c1-10-5-7-11(8-6-10)9-13(4,15)12(2,3)14;2-1(3)4/h5-8,14-15H,9H2,1-4H3;2-4H. The van der Waals surface area contributed by atoms with Crippen LogP contribution in [-0.2, 0) is 6.42 Å². The van der Waals surface area contributed by atoms with Gasteiger partial charge in [0, 0.05) is 6.42 Å². The first-order chi connectivity index (χ1) is 8.45. The van der Waals surface area contributed by atoms with Crippen molar-refractivity contribution in [2.45, 2.75) is 45.3 Å². The zero-order valence-electron chi connectivity index (χ0n) is 11.8. The first-order valence-corrected chi connectivity index (χ1v) is 6.00. The summed E-state index contributed by atoms with van der Waals surface area (Å²) in [6.07, 6.45) is 0.455. The van der Waals surface area contributed by atoms with Crippen LogP contribution in [0.3, 0.4) is 0 Å². The Bertz CT molecular complexity index is 365. The molecular formula is C13H23BO5. The van der Waals surface area contributed by atoms with Crippen LogP contribution in [0.1, 0.15) is 31.9 Å². The molecule has 108 valence electrons. The largest absolute Gasteiger partial charge is 0.631 e. The zero-order chi connectivity index (χ0) is 15.3. The number of aliphatic hydroxyl groups is 2. The van der Waals surface area contributed by atoms with E-state index in [1.54, 1.807) is 20.8 Å².